The SMILES string of the molecule is COCCn1ccc(C)c(N2C[C@@H](c3ccc(OC)cc3)[C@H](NC(=O)c3ccc(OC(F)F)cc3)C2=O)c1=O. The molecule has 2 amide bonds. The molecule has 0 bridgehead atoms. The molecular formula is C28H29F2N3O6. The van der Waals surface area contributed by atoms with Gasteiger partial charge in [-0.15, -0.1) is 0 Å². The van der Waals surface area contributed by atoms with Crippen LogP contribution in [0.1, 0.15) is 27.4 Å². The molecule has 11 heteroatoms. The summed E-state index contributed by atoms with van der Waals surface area (Å²) in [5.74, 6) is -0.956. The number of nitrogens with zero attached hydrogens (tertiary/aromatic N) is 2. The predicted molar refractivity (Wildman–Crippen MR) is 140 cm³/mol. The number of amides is 2. The fourth-order valence-corrected chi connectivity index (χ4v) is 4.60. The third-order valence-corrected chi connectivity index (χ3v) is 6.63. The van der Waals surface area contributed by atoms with Crippen molar-refractivity contribution in [2.75, 3.05) is 32.3 Å². The highest BCUT2D eigenvalue weighted by molar-refractivity contribution is 6.05. The van der Waals surface area contributed by atoms with E-state index in [0.717, 1.165) is 5.56 Å². The molecule has 0 unspecified atom stereocenters. The van der Waals surface area contributed by atoms with Gasteiger partial charge in [-0.2, -0.15) is 8.78 Å². The number of pyridine rings is 1. The van der Waals surface area contributed by atoms with E-state index in [1.165, 1.54) is 40.8 Å². The number of hydrogen-bond donors (Lipinski definition) is 1. The smallest absolute Gasteiger partial charge is 0.387 e. The summed E-state index contributed by atoms with van der Waals surface area (Å²) in [7, 11) is 3.08. The van der Waals surface area contributed by atoms with Crippen LogP contribution in [0.25, 0.3) is 0 Å². The molecule has 1 aliphatic rings. The molecule has 2 heterocycles. The molecular weight excluding hydrogens is 512 g/mol. The monoisotopic (exact) mass is 541 g/mol. The molecule has 1 saturated heterocycles. The maximum atomic E-state index is 13.8. The molecule has 1 fully saturated rings. The summed E-state index contributed by atoms with van der Waals surface area (Å²) >= 11 is 0. The van der Waals surface area contributed by atoms with Crippen LogP contribution in [0, 0.1) is 6.92 Å². The summed E-state index contributed by atoms with van der Waals surface area (Å²) in [5.41, 5.74) is 1.45. The van der Waals surface area contributed by atoms with Crippen molar-refractivity contribution in [3.63, 3.8) is 0 Å². The minimum absolute atomic E-state index is 0.0925. The standard InChI is InChI=1S/C28H29F2N3O6/c1-17-12-13-32(14-15-37-2)27(36)24(17)33-16-22(18-4-8-20(38-3)9-5-18)23(26(33)35)31-25(34)19-6-10-21(11-7-19)39-28(29)30/h4-13,22-23,28H,14-16H2,1-3H3,(H,31,34)/t22-,23-/m0/s1. The molecule has 0 spiro atoms. The van der Waals surface area contributed by atoms with Crippen LogP contribution in [0.3, 0.4) is 0 Å². The Bertz CT molecular complexity index is 1380. The second-order valence-corrected chi connectivity index (χ2v) is 9.02. The van der Waals surface area contributed by atoms with Crippen molar-refractivity contribution in [3.05, 3.63) is 87.8 Å². The van der Waals surface area contributed by atoms with Crippen LogP contribution in [-0.4, -0.2) is 56.4 Å². The van der Waals surface area contributed by atoms with Gasteiger partial charge in [0.05, 0.1) is 13.7 Å². The number of hydrogen-bond acceptors (Lipinski definition) is 6. The molecule has 1 aliphatic heterocycles. The first-order valence-corrected chi connectivity index (χ1v) is 12.2. The zero-order valence-corrected chi connectivity index (χ0v) is 21.7. The van der Waals surface area contributed by atoms with Crippen molar-refractivity contribution >= 4 is 17.5 Å². The van der Waals surface area contributed by atoms with Crippen LogP contribution in [0.4, 0.5) is 14.5 Å². The normalized spacial score (nSPS) is 17.0. The fourth-order valence-electron chi connectivity index (χ4n) is 4.60. The van der Waals surface area contributed by atoms with Crippen molar-refractivity contribution in [1.82, 2.24) is 9.88 Å². The van der Waals surface area contributed by atoms with Crippen LogP contribution < -0.4 is 25.2 Å². The average Bonchev–Trinajstić information content (AvgIpc) is 3.23. The number of carbonyl (C=O) groups is 2. The Labute approximate surface area is 223 Å². The first-order chi connectivity index (χ1) is 18.7. The number of halogens is 2. The largest absolute Gasteiger partial charge is 0.497 e. The molecule has 0 radical (unpaired) electrons. The minimum Gasteiger partial charge on any atom is -0.497 e. The number of carbonyl (C=O) groups excluding carboxylic acids is 2. The number of methoxy groups -OCH3 is 2. The fraction of sp³-hybridized carbons (Fsp3) is 0.321. The van der Waals surface area contributed by atoms with E-state index < -0.39 is 30.4 Å². The van der Waals surface area contributed by atoms with E-state index in [1.54, 1.807) is 38.4 Å². The predicted octanol–water partition coefficient (Wildman–Crippen LogP) is 3.34. The Hall–Kier alpha value is -4.25. The second-order valence-electron chi connectivity index (χ2n) is 9.02. The molecule has 2 aromatic carbocycles. The number of nitrogens with one attached hydrogen (secondary N) is 1. The summed E-state index contributed by atoms with van der Waals surface area (Å²) in [6.45, 7) is -0.440. The summed E-state index contributed by atoms with van der Waals surface area (Å²) in [6.07, 6.45) is 1.66. The number of aromatic nitrogens is 1. The molecule has 9 nitrogen and oxygen atoms in total. The first kappa shape index (κ1) is 27.8. The van der Waals surface area contributed by atoms with Crippen molar-refractivity contribution in [1.29, 1.82) is 0 Å². The number of aryl methyl sites for hydroxylation is 1. The van der Waals surface area contributed by atoms with E-state index >= 15 is 0 Å². The molecule has 39 heavy (non-hydrogen) atoms. The van der Waals surface area contributed by atoms with Gasteiger partial charge in [-0.25, -0.2) is 0 Å². The average molecular weight is 542 g/mol. The van der Waals surface area contributed by atoms with Gasteiger partial charge < -0.3 is 29.0 Å². The molecule has 1 aromatic heterocycles. The summed E-state index contributed by atoms with van der Waals surface area (Å²) in [5, 5.41) is 2.79. The maximum Gasteiger partial charge on any atom is 0.387 e. The van der Waals surface area contributed by atoms with Gasteiger partial charge in [0.1, 0.15) is 23.2 Å². The van der Waals surface area contributed by atoms with Gasteiger partial charge in [0.2, 0.25) is 5.91 Å². The topological polar surface area (TPSA) is 99.1 Å². The zero-order valence-electron chi connectivity index (χ0n) is 21.7. The van der Waals surface area contributed by atoms with Crippen LogP contribution in [0.5, 0.6) is 11.5 Å². The van der Waals surface area contributed by atoms with E-state index in [4.69, 9.17) is 9.47 Å². The van der Waals surface area contributed by atoms with Crippen molar-refractivity contribution < 1.29 is 32.6 Å². The molecule has 4 rings (SSSR count). The summed E-state index contributed by atoms with van der Waals surface area (Å²) in [6, 6.07) is 13.1. The van der Waals surface area contributed by atoms with Gasteiger partial charge in [0, 0.05) is 37.9 Å². The van der Waals surface area contributed by atoms with Gasteiger partial charge in [-0.3, -0.25) is 14.4 Å². The van der Waals surface area contributed by atoms with Crippen molar-refractivity contribution in [3.8, 4) is 11.5 Å². The van der Waals surface area contributed by atoms with E-state index in [1.807, 2.05) is 12.1 Å². The quantitative estimate of drug-likeness (QED) is 0.423. The lowest BCUT2D eigenvalue weighted by atomic mass is 9.93. The first-order valence-electron chi connectivity index (χ1n) is 12.2. The molecule has 2 atom stereocenters. The lowest BCUT2D eigenvalue weighted by Crippen LogP contribution is -2.44. The van der Waals surface area contributed by atoms with Crippen LogP contribution in [-0.2, 0) is 16.1 Å². The Morgan fingerprint density at radius 3 is 2.31 bits per heavy atom. The van der Waals surface area contributed by atoms with E-state index in [9.17, 15) is 23.2 Å². The Morgan fingerprint density at radius 2 is 1.69 bits per heavy atom. The lowest BCUT2D eigenvalue weighted by molar-refractivity contribution is -0.118. The van der Waals surface area contributed by atoms with Crippen molar-refractivity contribution in [2.24, 2.45) is 0 Å². The maximum absolute atomic E-state index is 13.8. The van der Waals surface area contributed by atoms with Gasteiger partial charge >= 0.3 is 6.61 Å². The Kier molecular flexibility index (Phi) is 8.60. The summed E-state index contributed by atoms with van der Waals surface area (Å²) < 4.78 is 41.1. The number of alkyl halides is 2. The molecule has 0 aliphatic carbocycles. The van der Waals surface area contributed by atoms with Gasteiger partial charge in [0.15, 0.2) is 0 Å². The van der Waals surface area contributed by atoms with E-state index in [-0.39, 0.29) is 29.1 Å². The van der Waals surface area contributed by atoms with E-state index in [0.29, 0.717) is 24.5 Å². The minimum atomic E-state index is -2.99. The van der Waals surface area contributed by atoms with Crippen LogP contribution >= 0.6 is 0 Å². The number of benzene rings is 2. The highest BCUT2D eigenvalue weighted by Crippen LogP contribution is 2.33. The van der Waals surface area contributed by atoms with Gasteiger partial charge in [-0.05, 0) is 60.5 Å². The van der Waals surface area contributed by atoms with Crippen LogP contribution in [0.2, 0.25) is 0 Å². The highest BCUT2D eigenvalue weighted by atomic mass is 19.3. The third-order valence-electron chi connectivity index (χ3n) is 6.63. The zero-order chi connectivity index (χ0) is 28.1. The third kappa shape index (κ3) is 6.09. The van der Waals surface area contributed by atoms with Crippen LogP contribution in [0.15, 0.2) is 65.6 Å². The molecule has 3 aromatic rings. The summed E-state index contributed by atoms with van der Waals surface area (Å²) in [4.78, 5) is 41.7. The second kappa shape index (κ2) is 12.1. The molecule has 0 saturated carbocycles. The lowest BCUT2D eigenvalue weighted by Gasteiger charge is -2.20. The highest BCUT2D eigenvalue weighted by Gasteiger charge is 2.44. The van der Waals surface area contributed by atoms with Gasteiger partial charge in [0.25, 0.3) is 11.5 Å². The Balaban J connectivity index is 1.67. The molecule has 1 N–H and O–H groups in total. The van der Waals surface area contributed by atoms with Crippen molar-refractivity contribution in [2.45, 2.75) is 32.0 Å². The van der Waals surface area contributed by atoms with E-state index in [2.05, 4.69) is 10.1 Å². The van der Waals surface area contributed by atoms with Gasteiger partial charge in [-0.1, -0.05) is 12.1 Å². The number of ether oxygens (including phenoxy) is 3. The molecule has 206 valence electrons. The number of rotatable bonds is 10. The Morgan fingerprint density at radius 1 is 1.03 bits per heavy atom. The number of anilines is 1.